The Hall–Kier alpha value is -3.62. The van der Waals surface area contributed by atoms with Crippen LogP contribution in [0.15, 0.2) is 41.5 Å². The molecule has 2 fully saturated rings. The first-order valence-corrected chi connectivity index (χ1v) is 10.4. The summed E-state index contributed by atoms with van der Waals surface area (Å²) >= 11 is 0. The number of anilines is 1. The molecule has 0 saturated heterocycles. The highest BCUT2D eigenvalue weighted by Gasteiger charge is 2.31. The van der Waals surface area contributed by atoms with Crippen LogP contribution in [-0.4, -0.2) is 30.1 Å². The van der Waals surface area contributed by atoms with Gasteiger partial charge in [0.25, 0.3) is 5.56 Å². The van der Waals surface area contributed by atoms with E-state index < -0.39 is 11.7 Å². The van der Waals surface area contributed by atoms with Crippen molar-refractivity contribution in [2.45, 2.75) is 44.1 Å². The Labute approximate surface area is 175 Å². The van der Waals surface area contributed by atoms with Crippen LogP contribution in [0.25, 0.3) is 16.7 Å². The number of rotatable bonds is 5. The lowest BCUT2D eigenvalue weighted by Crippen LogP contribution is -2.30. The fraction of sp³-hybridized carbons (Fsp3) is 0.318. The summed E-state index contributed by atoms with van der Waals surface area (Å²) in [4.78, 5) is 34.7. The molecule has 2 saturated carbocycles. The first kappa shape index (κ1) is 18.2. The molecule has 4 aromatic rings. The van der Waals surface area contributed by atoms with Gasteiger partial charge >= 0.3 is 0 Å². The van der Waals surface area contributed by atoms with Gasteiger partial charge in [0, 0.05) is 17.2 Å². The number of halogens is 1. The molecule has 0 radical (unpaired) electrons. The fourth-order valence-corrected chi connectivity index (χ4v) is 4.02. The van der Waals surface area contributed by atoms with Crippen molar-refractivity contribution in [3.05, 3.63) is 64.1 Å². The summed E-state index contributed by atoms with van der Waals surface area (Å²) in [5.41, 5.74) is 2.82. The van der Waals surface area contributed by atoms with E-state index >= 15 is 0 Å². The lowest BCUT2D eigenvalue weighted by atomic mass is 10.2. The van der Waals surface area contributed by atoms with E-state index in [1.54, 1.807) is 16.8 Å². The van der Waals surface area contributed by atoms with E-state index in [4.69, 9.17) is 4.98 Å². The van der Waals surface area contributed by atoms with Crippen LogP contribution in [0, 0.1) is 5.82 Å². The number of fused-ring (bicyclic) bond motifs is 3. The predicted molar refractivity (Wildman–Crippen MR) is 112 cm³/mol. The minimum atomic E-state index is -0.489. The molecule has 0 aliphatic heterocycles. The highest BCUT2D eigenvalue weighted by atomic mass is 19.1. The van der Waals surface area contributed by atoms with Crippen molar-refractivity contribution in [3.63, 3.8) is 0 Å². The van der Waals surface area contributed by atoms with E-state index in [9.17, 15) is 14.0 Å². The Morgan fingerprint density at radius 2 is 1.90 bits per heavy atom. The predicted octanol–water partition coefficient (Wildman–Crippen LogP) is 2.97. The normalized spacial score (nSPS) is 16.2. The van der Waals surface area contributed by atoms with Gasteiger partial charge in [-0.15, -0.1) is 0 Å². The molecule has 9 heteroatoms. The van der Waals surface area contributed by atoms with E-state index in [1.165, 1.54) is 16.7 Å². The molecular weight excluding hydrogens is 399 g/mol. The zero-order chi connectivity index (χ0) is 21.1. The summed E-state index contributed by atoms with van der Waals surface area (Å²) in [6.45, 7) is -0.201. The molecule has 6 rings (SSSR count). The monoisotopic (exact) mass is 418 g/mol. The second-order valence-electron chi connectivity index (χ2n) is 8.29. The second kappa shape index (κ2) is 6.69. The van der Waals surface area contributed by atoms with Crippen molar-refractivity contribution >= 4 is 28.4 Å². The zero-order valence-corrected chi connectivity index (χ0v) is 16.6. The summed E-state index contributed by atoms with van der Waals surface area (Å²) in [6, 6.07) is 6.27. The third-order valence-corrected chi connectivity index (χ3v) is 5.91. The minimum absolute atomic E-state index is 0.201. The topological polar surface area (TPSA) is 94.2 Å². The smallest absolute Gasteiger partial charge is 0.263 e. The van der Waals surface area contributed by atoms with Crippen molar-refractivity contribution in [2.24, 2.45) is 0 Å². The molecule has 8 nitrogen and oxygen atoms in total. The number of aromatic nitrogens is 5. The van der Waals surface area contributed by atoms with Crippen molar-refractivity contribution in [1.29, 1.82) is 0 Å². The van der Waals surface area contributed by atoms with Crippen LogP contribution in [0.4, 0.5) is 10.2 Å². The van der Waals surface area contributed by atoms with E-state index in [2.05, 4.69) is 15.4 Å². The number of carbonyl (C=O) groups excluding carboxylic acids is 1. The van der Waals surface area contributed by atoms with E-state index in [-0.39, 0.29) is 17.9 Å². The molecule has 31 heavy (non-hydrogen) atoms. The molecule has 156 valence electrons. The van der Waals surface area contributed by atoms with E-state index in [0.717, 1.165) is 43.1 Å². The number of hydrogen-bond donors (Lipinski definition) is 1. The summed E-state index contributed by atoms with van der Waals surface area (Å²) in [5, 5.41) is 7.59. The molecule has 0 atom stereocenters. The van der Waals surface area contributed by atoms with Gasteiger partial charge in [-0.3, -0.25) is 14.2 Å². The molecule has 1 N–H and O–H groups in total. The Morgan fingerprint density at radius 3 is 2.61 bits per heavy atom. The van der Waals surface area contributed by atoms with Crippen LogP contribution in [0.1, 0.15) is 48.8 Å². The number of nitrogens with one attached hydrogen (secondary N) is 1. The molecular formula is C22H19FN6O2. The van der Waals surface area contributed by atoms with Crippen LogP contribution in [0.3, 0.4) is 0 Å². The number of nitrogens with zero attached hydrogens (tertiary/aromatic N) is 5. The van der Waals surface area contributed by atoms with Crippen LogP contribution >= 0.6 is 0 Å². The lowest BCUT2D eigenvalue weighted by Gasteiger charge is -2.13. The van der Waals surface area contributed by atoms with Gasteiger partial charge in [0.1, 0.15) is 23.8 Å². The van der Waals surface area contributed by atoms with Gasteiger partial charge in [-0.2, -0.15) is 9.61 Å². The summed E-state index contributed by atoms with van der Waals surface area (Å²) in [6.07, 6.45) is 7.11. The molecule has 0 spiro atoms. The van der Waals surface area contributed by atoms with E-state index in [0.29, 0.717) is 28.5 Å². The quantitative estimate of drug-likeness (QED) is 0.538. The van der Waals surface area contributed by atoms with Crippen molar-refractivity contribution < 1.29 is 9.18 Å². The SMILES string of the molecule is O=C(Cn1c(=O)c2ccc(C3CC3)nc2n2ncc(C3CC3)c12)Nc1ccc(F)cn1. The van der Waals surface area contributed by atoms with Crippen LogP contribution in [0.2, 0.25) is 0 Å². The van der Waals surface area contributed by atoms with Crippen LogP contribution in [-0.2, 0) is 11.3 Å². The Balaban J connectivity index is 1.47. The van der Waals surface area contributed by atoms with Crippen molar-refractivity contribution in [2.75, 3.05) is 5.32 Å². The third kappa shape index (κ3) is 3.17. The lowest BCUT2D eigenvalue weighted by molar-refractivity contribution is -0.116. The molecule has 4 heterocycles. The standard InChI is InChI=1S/C22H19FN6O2/c23-14-5-8-18(24-9-14)27-19(30)11-28-21-16(12-1-2-12)10-25-29(21)20-15(22(28)31)6-7-17(26-20)13-3-4-13/h5-10,12-13H,1-4,11H2,(H,24,27,30). The molecule has 2 aliphatic carbocycles. The first-order valence-electron chi connectivity index (χ1n) is 10.4. The molecule has 0 aromatic carbocycles. The molecule has 0 bridgehead atoms. The molecule has 4 aromatic heterocycles. The van der Waals surface area contributed by atoms with Crippen molar-refractivity contribution in [3.8, 4) is 0 Å². The van der Waals surface area contributed by atoms with Gasteiger partial charge in [0.15, 0.2) is 5.65 Å². The van der Waals surface area contributed by atoms with E-state index in [1.807, 2.05) is 6.07 Å². The Kier molecular flexibility index (Phi) is 3.92. The number of hydrogen-bond acceptors (Lipinski definition) is 5. The van der Waals surface area contributed by atoms with Gasteiger partial charge < -0.3 is 5.32 Å². The maximum Gasteiger partial charge on any atom is 0.263 e. The summed E-state index contributed by atoms with van der Waals surface area (Å²) in [7, 11) is 0. The Bertz CT molecular complexity index is 1400. The molecule has 2 aliphatic rings. The summed E-state index contributed by atoms with van der Waals surface area (Å²) in [5.74, 6) is 0.108. The first-order chi connectivity index (χ1) is 15.1. The van der Waals surface area contributed by atoms with Crippen molar-refractivity contribution in [1.82, 2.24) is 24.1 Å². The van der Waals surface area contributed by atoms with Gasteiger partial charge in [-0.25, -0.2) is 14.4 Å². The molecule has 0 unspecified atom stereocenters. The average molecular weight is 418 g/mol. The number of amides is 1. The number of pyridine rings is 2. The Morgan fingerprint density at radius 1 is 1.10 bits per heavy atom. The van der Waals surface area contributed by atoms with Crippen LogP contribution < -0.4 is 10.9 Å². The van der Waals surface area contributed by atoms with Gasteiger partial charge in [0.05, 0.1) is 17.8 Å². The zero-order valence-electron chi connectivity index (χ0n) is 16.6. The second-order valence-corrected chi connectivity index (χ2v) is 8.29. The average Bonchev–Trinajstić information content (AvgIpc) is 3.70. The van der Waals surface area contributed by atoms with Gasteiger partial charge in [0.2, 0.25) is 5.91 Å². The summed E-state index contributed by atoms with van der Waals surface area (Å²) < 4.78 is 16.2. The van der Waals surface area contributed by atoms with Crippen LogP contribution in [0.5, 0.6) is 0 Å². The molecule has 1 amide bonds. The number of carbonyl (C=O) groups is 1. The maximum absolute atomic E-state index is 13.4. The highest BCUT2D eigenvalue weighted by Crippen LogP contribution is 2.42. The third-order valence-electron chi connectivity index (χ3n) is 5.91. The van der Waals surface area contributed by atoms with Gasteiger partial charge in [-0.1, -0.05) is 0 Å². The minimum Gasteiger partial charge on any atom is -0.309 e. The largest absolute Gasteiger partial charge is 0.309 e. The fourth-order valence-electron chi connectivity index (χ4n) is 4.02. The van der Waals surface area contributed by atoms with Gasteiger partial charge in [-0.05, 0) is 55.9 Å². The highest BCUT2D eigenvalue weighted by molar-refractivity contribution is 5.90. The maximum atomic E-state index is 13.4.